The van der Waals surface area contributed by atoms with Crippen molar-refractivity contribution in [1.29, 1.82) is 0 Å². The summed E-state index contributed by atoms with van der Waals surface area (Å²) in [6.07, 6.45) is 0.830. The largest absolute Gasteiger partial charge is 0.497 e. The molecule has 1 aromatic rings. The molecule has 0 radical (unpaired) electrons. The number of rotatable bonds is 3. The minimum absolute atomic E-state index is 0.377. The maximum absolute atomic E-state index is 11.1. The minimum Gasteiger partial charge on any atom is -0.497 e. The molecule has 1 unspecified atom stereocenters. The summed E-state index contributed by atoms with van der Waals surface area (Å²) in [5, 5.41) is 0. The van der Waals surface area contributed by atoms with Crippen LogP contribution < -0.4 is 4.74 Å². The van der Waals surface area contributed by atoms with E-state index in [0.29, 0.717) is 0 Å². The Hall–Kier alpha value is -1.81. The van der Waals surface area contributed by atoms with Crippen molar-refractivity contribution in [3.63, 3.8) is 0 Å². The molecule has 1 aliphatic rings. The average Bonchev–Trinajstić information content (AvgIpc) is 2.70. The van der Waals surface area contributed by atoms with Gasteiger partial charge in [0.2, 0.25) is 6.29 Å². The molecule has 2 rings (SSSR count). The van der Waals surface area contributed by atoms with Crippen LogP contribution in [0.5, 0.6) is 5.75 Å². The number of methoxy groups -OCH3 is 2. The van der Waals surface area contributed by atoms with Gasteiger partial charge in [-0.05, 0) is 17.7 Å². The zero-order chi connectivity index (χ0) is 11.5. The third-order valence-corrected chi connectivity index (χ3v) is 2.39. The molecular weight excluding hydrogens is 208 g/mol. The lowest BCUT2D eigenvalue weighted by Gasteiger charge is -2.12. The van der Waals surface area contributed by atoms with E-state index in [0.717, 1.165) is 16.9 Å². The van der Waals surface area contributed by atoms with Crippen molar-refractivity contribution in [2.45, 2.75) is 6.29 Å². The van der Waals surface area contributed by atoms with Crippen LogP contribution in [0, 0.1) is 0 Å². The Kier molecular flexibility index (Phi) is 2.92. The van der Waals surface area contributed by atoms with E-state index in [2.05, 4.69) is 0 Å². The fourth-order valence-electron chi connectivity index (χ4n) is 1.58. The van der Waals surface area contributed by atoms with Gasteiger partial charge in [-0.25, -0.2) is 4.79 Å². The molecule has 1 aromatic carbocycles. The van der Waals surface area contributed by atoms with E-state index in [4.69, 9.17) is 14.2 Å². The predicted octanol–water partition coefficient (Wildman–Crippen LogP) is 1.61. The highest BCUT2D eigenvalue weighted by molar-refractivity contribution is 5.96. The Labute approximate surface area is 93.4 Å². The van der Waals surface area contributed by atoms with Crippen LogP contribution in [0.1, 0.15) is 5.56 Å². The Morgan fingerprint density at radius 1 is 1.19 bits per heavy atom. The maximum Gasteiger partial charge on any atom is 0.333 e. The zero-order valence-electron chi connectivity index (χ0n) is 9.10. The highest BCUT2D eigenvalue weighted by Crippen LogP contribution is 2.27. The molecule has 4 nitrogen and oxygen atoms in total. The summed E-state index contributed by atoms with van der Waals surface area (Å²) in [6, 6.07) is 7.37. The molecule has 1 aliphatic heterocycles. The standard InChI is InChI=1S/C12H12O4/c1-14-9-5-3-8(4-6-9)10-7-11(13)16-12(10)15-2/h3-7,12H,1-2H3. The molecule has 0 bridgehead atoms. The van der Waals surface area contributed by atoms with E-state index >= 15 is 0 Å². The van der Waals surface area contributed by atoms with Crippen LogP contribution in [-0.4, -0.2) is 26.5 Å². The van der Waals surface area contributed by atoms with E-state index in [1.807, 2.05) is 24.3 Å². The molecule has 0 saturated carbocycles. The molecule has 0 saturated heterocycles. The van der Waals surface area contributed by atoms with Gasteiger partial charge >= 0.3 is 5.97 Å². The summed E-state index contributed by atoms with van der Waals surface area (Å²) in [5.41, 5.74) is 1.62. The van der Waals surface area contributed by atoms with Crippen LogP contribution >= 0.6 is 0 Å². The van der Waals surface area contributed by atoms with Crippen molar-refractivity contribution >= 4 is 11.5 Å². The molecule has 4 heteroatoms. The quantitative estimate of drug-likeness (QED) is 0.726. The van der Waals surface area contributed by atoms with Gasteiger partial charge in [-0.2, -0.15) is 0 Å². The number of esters is 1. The van der Waals surface area contributed by atoms with Crippen molar-refractivity contribution in [3.05, 3.63) is 35.9 Å². The second kappa shape index (κ2) is 4.37. The third kappa shape index (κ3) is 1.92. The number of ether oxygens (including phenoxy) is 3. The molecule has 0 aliphatic carbocycles. The topological polar surface area (TPSA) is 44.8 Å². The molecule has 84 valence electrons. The smallest absolute Gasteiger partial charge is 0.333 e. The average molecular weight is 220 g/mol. The molecule has 1 heterocycles. The van der Waals surface area contributed by atoms with Crippen molar-refractivity contribution in [2.24, 2.45) is 0 Å². The second-order valence-electron chi connectivity index (χ2n) is 3.33. The normalized spacial score (nSPS) is 19.2. The van der Waals surface area contributed by atoms with Gasteiger partial charge in [0.15, 0.2) is 0 Å². The van der Waals surface area contributed by atoms with Crippen LogP contribution in [0.2, 0.25) is 0 Å². The Morgan fingerprint density at radius 2 is 1.88 bits per heavy atom. The van der Waals surface area contributed by atoms with E-state index in [1.54, 1.807) is 7.11 Å². The Balaban J connectivity index is 2.29. The highest BCUT2D eigenvalue weighted by Gasteiger charge is 2.26. The van der Waals surface area contributed by atoms with Crippen LogP contribution in [0.4, 0.5) is 0 Å². The summed E-state index contributed by atoms with van der Waals surface area (Å²) in [4.78, 5) is 11.1. The molecule has 0 aromatic heterocycles. The highest BCUT2D eigenvalue weighted by atomic mass is 16.7. The lowest BCUT2D eigenvalue weighted by molar-refractivity contribution is -0.153. The molecule has 0 amide bonds. The first-order valence-electron chi connectivity index (χ1n) is 4.84. The van der Waals surface area contributed by atoms with Crippen molar-refractivity contribution in [3.8, 4) is 5.75 Å². The fraction of sp³-hybridized carbons (Fsp3) is 0.250. The zero-order valence-corrected chi connectivity index (χ0v) is 9.10. The van der Waals surface area contributed by atoms with E-state index in [9.17, 15) is 4.79 Å². The van der Waals surface area contributed by atoms with Gasteiger partial charge in [0, 0.05) is 18.8 Å². The van der Waals surface area contributed by atoms with Crippen LogP contribution in [0.15, 0.2) is 30.3 Å². The maximum atomic E-state index is 11.1. The van der Waals surface area contributed by atoms with Crippen molar-refractivity contribution in [2.75, 3.05) is 14.2 Å². The van der Waals surface area contributed by atoms with E-state index in [1.165, 1.54) is 13.2 Å². The van der Waals surface area contributed by atoms with Gasteiger partial charge in [-0.15, -0.1) is 0 Å². The molecule has 1 atom stereocenters. The number of benzene rings is 1. The molecular formula is C12H12O4. The monoisotopic (exact) mass is 220 g/mol. The number of hydrogen-bond donors (Lipinski definition) is 0. The molecule has 0 spiro atoms. The van der Waals surface area contributed by atoms with Crippen LogP contribution in [-0.2, 0) is 14.3 Å². The molecule has 16 heavy (non-hydrogen) atoms. The third-order valence-electron chi connectivity index (χ3n) is 2.39. The summed E-state index contributed by atoms with van der Waals surface area (Å²) in [6.45, 7) is 0. The Bertz CT molecular complexity index is 419. The first-order valence-corrected chi connectivity index (χ1v) is 4.84. The molecule has 0 fully saturated rings. The van der Waals surface area contributed by atoms with Gasteiger partial charge < -0.3 is 14.2 Å². The number of carbonyl (C=O) groups is 1. The predicted molar refractivity (Wildman–Crippen MR) is 57.9 cm³/mol. The van der Waals surface area contributed by atoms with E-state index < -0.39 is 6.29 Å². The van der Waals surface area contributed by atoms with Gasteiger partial charge in [0.05, 0.1) is 7.11 Å². The molecule has 0 N–H and O–H groups in total. The summed E-state index contributed by atoms with van der Waals surface area (Å²) in [5.74, 6) is 0.390. The second-order valence-corrected chi connectivity index (χ2v) is 3.33. The van der Waals surface area contributed by atoms with Crippen molar-refractivity contribution < 1.29 is 19.0 Å². The first-order chi connectivity index (χ1) is 7.74. The Morgan fingerprint density at radius 3 is 2.44 bits per heavy atom. The van der Waals surface area contributed by atoms with E-state index in [-0.39, 0.29) is 5.97 Å². The van der Waals surface area contributed by atoms with Gasteiger partial charge in [-0.1, -0.05) is 12.1 Å². The fourth-order valence-corrected chi connectivity index (χ4v) is 1.58. The van der Waals surface area contributed by atoms with Crippen molar-refractivity contribution in [1.82, 2.24) is 0 Å². The number of hydrogen-bond acceptors (Lipinski definition) is 4. The lowest BCUT2D eigenvalue weighted by atomic mass is 10.1. The van der Waals surface area contributed by atoms with Crippen LogP contribution in [0.3, 0.4) is 0 Å². The van der Waals surface area contributed by atoms with Gasteiger partial charge in [0.1, 0.15) is 5.75 Å². The lowest BCUT2D eigenvalue weighted by Crippen LogP contribution is -2.13. The summed E-state index contributed by atoms with van der Waals surface area (Å²) < 4.78 is 15.1. The minimum atomic E-state index is -0.610. The summed E-state index contributed by atoms with van der Waals surface area (Å²) in [7, 11) is 3.11. The SMILES string of the molecule is COc1ccc(C2=CC(=O)OC2OC)cc1. The summed E-state index contributed by atoms with van der Waals surface area (Å²) >= 11 is 0. The van der Waals surface area contributed by atoms with Crippen LogP contribution in [0.25, 0.3) is 5.57 Å². The van der Waals surface area contributed by atoms with Gasteiger partial charge in [0.25, 0.3) is 0 Å². The first kappa shape index (κ1) is 10.7. The van der Waals surface area contributed by atoms with Gasteiger partial charge in [-0.3, -0.25) is 0 Å². The number of cyclic esters (lactones) is 1. The number of carbonyl (C=O) groups excluding carboxylic acids is 1.